The predicted molar refractivity (Wildman–Crippen MR) is 113 cm³/mol. The Morgan fingerprint density at radius 1 is 1.17 bits per heavy atom. The molecule has 0 bridgehead atoms. The lowest BCUT2D eigenvalue weighted by molar-refractivity contribution is -0.139. The first-order valence-corrected chi connectivity index (χ1v) is 9.17. The van der Waals surface area contributed by atoms with Crippen LogP contribution in [0.2, 0.25) is 10.0 Å². The van der Waals surface area contributed by atoms with Gasteiger partial charge in [-0.05, 0) is 29.8 Å². The number of rotatable bonds is 8. The van der Waals surface area contributed by atoms with E-state index in [1.54, 1.807) is 36.4 Å². The number of hydrogen-bond acceptors (Lipinski definition) is 5. The van der Waals surface area contributed by atoms with Crippen LogP contribution in [0, 0.1) is 0 Å². The van der Waals surface area contributed by atoms with Crippen molar-refractivity contribution in [2.24, 2.45) is 5.10 Å². The maximum atomic E-state index is 11.7. The fourth-order valence-electron chi connectivity index (χ4n) is 2.19. The number of hydrogen-bond donors (Lipinski definition) is 2. The minimum Gasteiger partial charge on any atom is -0.493 e. The van der Waals surface area contributed by atoms with Crippen LogP contribution in [0.25, 0.3) is 0 Å². The highest BCUT2D eigenvalue weighted by molar-refractivity contribution is 6.42. The molecule has 0 aliphatic heterocycles. The summed E-state index contributed by atoms with van der Waals surface area (Å²) in [4.78, 5) is 23.2. The number of halogens is 2. The van der Waals surface area contributed by atoms with Gasteiger partial charge < -0.3 is 14.8 Å². The molecular weight excluding hydrogens is 417 g/mol. The SMILES string of the molecule is C=CCNC(=O)C(=O)N/N=C\c1cccc(OC)c1OCc1ccc(Cl)c(Cl)c1. The van der Waals surface area contributed by atoms with Gasteiger partial charge in [0.25, 0.3) is 0 Å². The molecule has 2 rings (SSSR count). The standard InChI is InChI=1S/C20H19Cl2N3O4/c1-3-9-23-19(26)20(27)25-24-11-14-5-4-6-17(28-2)18(14)29-12-13-7-8-15(21)16(22)10-13/h3-8,10-11H,1,9,12H2,2H3,(H,23,26)(H,25,27)/b24-11-. The number of amides is 2. The average Bonchev–Trinajstić information content (AvgIpc) is 2.72. The van der Waals surface area contributed by atoms with Gasteiger partial charge in [-0.15, -0.1) is 6.58 Å². The van der Waals surface area contributed by atoms with Crippen molar-refractivity contribution in [1.29, 1.82) is 0 Å². The fraction of sp³-hybridized carbons (Fsp3) is 0.150. The molecule has 0 saturated carbocycles. The van der Waals surface area contributed by atoms with E-state index in [1.807, 2.05) is 0 Å². The van der Waals surface area contributed by atoms with Gasteiger partial charge >= 0.3 is 11.8 Å². The van der Waals surface area contributed by atoms with Crippen molar-refractivity contribution in [3.8, 4) is 11.5 Å². The highest BCUT2D eigenvalue weighted by Gasteiger charge is 2.12. The molecule has 2 N–H and O–H groups in total. The van der Waals surface area contributed by atoms with E-state index in [4.69, 9.17) is 32.7 Å². The van der Waals surface area contributed by atoms with Crippen molar-refractivity contribution in [2.75, 3.05) is 13.7 Å². The lowest BCUT2D eigenvalue weighted by atomic mass is 10.2. The summed E-state index contributed by atoms with van der Waals surface area (Å²) in [5, 5.41) is 7.03. The van der Waals surface area contributed by atoms with Crippen LogP contribution in [0.15, 0.2) is 54.2 Å². The molecule has 2 aromatic carbocycles. The molecule has 2 aromatic rings. The number of ether oxygens (including phenoxy) is 2. The second-order valence-corrected chi connectivity index (χ2v) is 6.43. The Labute approximate surface area is 178 Å². The molecule has 0 atom stereocenters. The topological polar surface area (TPSA) is 89.0 Å². The molecule has 0 saturated heterocycles. The predicted octanol–water partition coefficient (Wildman–Crippen LogP) is 3.33. The van der Waals surface area contributed by atoms with Gasteiger partial charge in [0.2, 0.25) is 0 Å². The van der Waals surface area contributed by atoms with Crippen molar-refractivity contribution in [2.45, 2.75) is 6.61 Å². The van der Waals surface area contributed by atoms with Crippen LogP contribution < -0.4 is 20.2 Å². The molecule has 0 aliphatic rings. The number of nitrogens with zero attached hydrogens (tertiary/aromatic N) is 1. The zero-order valence-corrected chi connectivity index (χ0v) is 17.1. The van der Waals surface area contributed by atoms with Gasteiger partial charge in [-0.1, -0.05) is 41.4 Å². The molecule has 0 fully saturated rings. The summed E-state index contributed by atoms with van der Waals surface area (Å²) in [6.45, 7) is 3.83. The summed E-state index contributed by atoms with van der Waals surface area (Å²) in [6, 6.07) is 10.4. The minimum atomic E-state index is -0.899. The maximum Gasteiger partial charge on any atom is 0.329 e. The Morgan fingerprint density at radius 2 is 1.97 bits per heavy atom. The number of methoxy groups -OCH3 is 1. The Kier molecular flexibility index (Phi) is 8.51. The molecule has 0 heterocycles. The van der Waals surface area contributed by atoms with E-state index < -0.39 is 11.8 Å². The Hall–Kier alpha value is -3.03. The van der Waals surface area contributed by atoms with Crippen molar-refractivity contribution in [3.63, 3.8) is 0 Å². The minimum absolute atomic E-state index is 0.179. The number of benzene rings is 2. The van der Waals surface area contributed by atoms with Gasteiger partial charge in [-0.25, -0.2) is 5.43 Å². The van der Waals surface area contributed by atoms with Crippen LogP contribution in [0.3, 0.4) is 0 Å². The molecule has 29 heavy (non-hydrogen) atoms. The second kappa shape index (κ2) is 11.1. The van der Waals surface area contributed by atoms with Crippen LogP contribution in [0.4, 0.5) is 0 Å². The first kappa shape index (κ1) is 22.3. The largest absolute Gasteiger partial charge is 0.493 e. The highest BCUT2D eigenvalue weighted by atomic mass is 35.5. The van der Waals surface area contributed by atoms with Crippen molar-refractivity contribution >= 4 is 41.2 Å². The Morgan fingerprint density at radius 3 is 2.66 bits per heavy atom. The second-order valence-electron chi connectivity index (χ2n) is 5.61. The number of nitrogens with one attached hydrogen (secondary N) is 2. The number of hydrazone groups is 1. The quantitative estimate of drug-likeness (QED) is 0.288. The summed E-state index contributed by atoms with van der Waals surface area (Å²) in [5.74, 6) is -0.827. The van der Waals surface area contributed by atoms with Crippen LogP contribution in [-0.4, -0.2) is 31.7 Å². The molecule has 0 radical (unpaired) electrons. The fourth-order valence-corrected chi connectivity index (χ4v) is 2.51. The van der Waals surface area contributed by atoms with Gasteiger partial charge in [0.1, 0.15) is 6.61 Å². The Balaban J connectivity index is 2.12. The third-order valence-corrected chi connectivity index (χ3v) is 4.32. The lowest BCUT2D eigenvalue weighted by Gasteiger charge is -2.13. The monoisotopic (exact) mass is 435 g/mol. The first-order chi connectivity index (χ1) is 14.0. The van der Waals surface area contributed by atoms with Gasteiger partial charge in [0, 0.05) is 12.1 Å². The summed E-state index contributed by atoms with van der Waals surface area (Å²) in [5.41, 5.74) is 3.49. The van der Waals surface area contributed by atoms with Crippen LogP contribution >= 0.6 is 23.2 Å². The molecule has 0 spiro atoms. The molecular formula is C20H19Cl2N3O4. The molecule has 9 heteroatoms. The van der Waals surface area contributed by atoms with Crippen LogP contribution in [0.5, 0.6) is 11.5 Å². The zero-order chi connectivity index (χ0) is 21.2. The van der Waals surface area contributed by atoms with Gasteiger partial charge in [0.05, 0.1) is 23.4 Å². The molecule has 152 valence electrons. The van der Waals surface area contributed by atoms with Crippen LogP contribution in [-0.2, 0) is 16.2 Å². The summed E-state index contributed by atoms with van der Waals surface area (Å²) >= 11 is 12.0. The van der Waals surface area contributed by atoms with E-state index in [1.165, 1.54) is 19.4 Å². The molecule has 0 aromatic heterocycles. The number of carbonyl (C=O) groups is 2. The van der Waals surface area contributed by atoms with Crippen molar-refractivity contribution in [3.05, 3.63) is 70.2 Å². The normalized spacial score (nSPS) is 10.4. The first-order valence-electron chi connectivity index (χ1n) is 8.42. The van der Waals surface area contributed by atoms with Crippen LogP contribution in [0.1, 0.15) is 11.1 Å². The summed E-state index contributed by atoms with van der Waals surface area (Å²) in [7, 11) is 1.51. The van der Waals surface area contributed by atoms with Gasteiger partial charge in [0.15, 0.2) is 11.5 Å². The number of para-hydroxylation sites is 1. The highest BCUT2D eigenvalue weighted by Crippen LogP contribution is 2.31. The van der Waals surface area contributed by atoms with E-state index in [9.17, 15) is 9.59 Å². The van der Waals surface area contributed by atoms with Gasteiger partial charge in [-0.2, -0.15) is 5.10 Å². The zero-order valence-electron chi connectivity index (χ0n) is 15.6. The molecule has 2 amide bonds. The average molecular weight is 436 g/mol. The third kappa shape index (κ3) is 6.51. The van der Waals surface area contributed by atoms with Crippen molar-refractivity contribution in [1.82, 2.24) is 10.7 Å². The van der Waals surface area contributed by atoms with E-state index in [-0.39, 0.29) is 13.2 Å². The molecule has 0 aliphatic carbocycles. The van der Waals surface area contributed by atoms with E-state index in [0.29, 0.717) is 27.1 Å². The summed E-state index contributed by atoms with van der Waals surface area (Å²) < 4.78 is 11.2. The molecule has 7 nitrogen and oxygen atoms in total. The van der Waals surface area contributed by atoms with E-state index in [2.05, 4.69) is 22.4 Å². The smallest absolute Gasteiger partial charge is 0.329 e. The van der Waals surface area contributed by atoms with Gasteiger partial charge in [-0.3, -0.25) is 9.59 Å². The Bertz CT molecular complexity index is 932. The van der Waals surface area contributed by atoms with E-state index >= 15 is 0 Å². The third-order valence-electron chi connectivity index (χ3n) is 3.58. The number of carbonyl (C=O) groups excluding carboxylic acids is 2. The van der Waals surface area contributed by atoms with Crippen molar-refractivity contribution < 1.29 is 19.1 Å². The van der Waals surface area contributed by atoms with E-state index in [0.717, 1.165) is 5.56 Å². The molecule has 0 unspecified atom stereocenters. The summed E-state index contributed by atoms with van der Waals surface area (Å²) in [6.07, 6.45) is 2.81. The lowest BCUT2D eigenvalue weighted by Crippen LogP contribution is -2.37. The maximum absolute atomic E-state index is 11.7.